The van der Waals surface area contributed by atoms with Gasteiger partial charge in [-0.05, 0) is 30.5 Å². The molecule has 1 aromatic carbocycles. The van der Waals surface area contributed by atoms with E-state index in [4.69, 9.17) is 0 Å². The minimum Gasteiger partial charge on any atom is -0.253 e. The predicted molar refractivity (Wildman–Crippen MR) is 100 cm³/mol. The van der Waals surface area contributed by atoms with E-state index in [1.165, 1.54) is 29.5 Å². The normalized spacial score (nSPS) is 12.6. The molecule has 2 aromatic heterocycles. The maximum Gasteiger partial charge on any atom is 0.206 e. The van der Waals surface area contributed by atoms with Gasteiger partial charge in [0, 0.05) is 5.38 Å². The number of aromatic nitrogens is 1. The molecule has 3 rings (SSSR count). The van der Waals surface area contributed by atoms with Crippen LogP contribution in [0.5, 0.6) is 0 Å². The van der Waals surface area contributed by atoms with Gasteiger partial charge in [0.2, 0.25) is 4.80 Å². The van der Waals surface area contributed by atoms with Crippen LogP contribution in [0.15, 0.2) is 63.8 Å². The Kier molecular flexibility index (Phi) is 5.35. The molecular formula is C18H15F2N3S2. The fourth-order valence-corrected chi connectivity index (χ4v) is 3.92. The summed E-state index contributed by atoms with van der Waals surface area (Å²) in [5.41, 5.74) is 0.943. The van der Waals surface area contributed by atoms with Crippen LogP contribution < -0.4 is 4.80 Å². The van der Waals surface area contributed by atoms with Gasteiger partial charge in [0.15, 0.2) is 0 Å². The SMILES string of the molecule is C=CCN=c1scc(-c2cccs2)n1N=C(C)c1c(F)cccc1F. The van der Waals surface area contributed by atoms with Crippen LogP contribution in [0.1, 0.15) is 12.5 Å². The summed E-state index contributed by atoms with van der Waals surface area (Å²) in [4.78, 5) is 6.06. The van der Waals surface area contributed by atoms with Gasteiger partial charge in [0.25, 0.3) is 0 Å². The number of halogens is 2. The molecule has 0 bridgehead atoms. The lowest BCUT2D eigenvalue weighted by atomic mass is 10.1. The monoisotopic (exact) mass is 375 g/mol. The maximum absolute atomic E-state index is 14.0. The van der Waals surface area contributed by atoms with Crippen LogP contribution in [0.2, 0.25) is 0 Å². The Bertz CT molecular complexity index is 962. The Morgan fingerprint density at radius 1 is 1.20 bits per heavy atom. The van der Waals surface area contributed by atoms with Crippen molar-refractivity contribution < 1.29 is 8.78 Å². The zero-order chi connectivity index (χ0) is 17.8. The lowest BCUT2D eigenvalue weighted by molar-refractivity contribution is 0.578. The molecule has 0 radical (unpaired) electrons. The van der Waals surface area contributed by atoms with Crippen molar-refractivity contribution in [1.29, 1.82) is 0 Å². The first-order valence-electron chi connectivity index (χ1n) is 7.47. The molecule has 25 heavy (non-hydrogen) atoms. The van der Waals surface area contributed by atoms with Crippen LogP contribution >= 0.6 is 22.7 Å². The van der Waals surface area contributed by atoms with Gasteiger partial charge in [-0.25, -0.2) is 13.5 Å². The number of hydrogen-bond donors (Lipinski definition) is 0. The highest BCUT2D eigenvalue weighted by atomic mass is 32.1. The van der Waals surface area contributed by atoms with Gasteiger partial charge in [0.05, 0.1) is 28.4 Å². The zero-order valence-corrected chi connectivity index (χ0v) is 15.1. The van der Waals surface area contributed by atoms with Crippen molar-refractivity contribution >= 4 is 28.4 Å². The van der Waals surface area contributed by atoms with Crippen molar-refractivity contribution in [2.75, 3.05) is 6.54 Å². The van der Waals surface area contributed by atoms with Crippen LogP contribution in [-0.2, 0) is 0 Å². The average Bonchev–Trinajstić information content (AvgIpc) is 3.22. The second-order valence-electron chi connectivity index (χ2n) is 5.10. The molecule has 0 spiro atoms. The Morgan fingerprint density at radius 2 is 1.96 bits per heavy atom. The Balaban J connectivity index is 2.18. The first-order chi connectivity index (χ1) is 12.1. The van der Waals surface area contributed by atoms with E-state index < -0.39 is 11.6 Å². The number of thiazole rings is 1. The molecule has 0 aliphatic heterocycles. The number of thiophene rings is 1. The summed E-state index contributed by atoms with van der Waals surface area (Å²) >= 11 is 2.98. The van der Waals surface area contributed by atoms with E-state index in [1.807, 2.05) is 22.9 Å². The molecule has 0 saturated heterocycles. The summed E-state index contributed by atoms with van der Waals surface area (Å²) in [7, 11) is 0. The molecule has 128 valence electrons. The second-order valence-corrected chi connectivity index (χ2v) is 6.89. The largest absolute Gasteiger partial charge is 0.253 e. The molecule has 0 amide bonds. The topological polar surface area (TPSA) is 29.6 Å². The number of rotatable bonds is 5. The molecule has 0 atom stereocenters. The van der Waals surface area contributed by atoms with Gasteiger partial charge < -0.3 is 0 Å². The minimum atomic E-state index is -0.640. The predicted octanol–water partition coefficient (Wildman–Crippen LogP) is 4.92. The Labute approximate surface area is 151 Å². The third-order valence-electron chi connectivity index (χ3n) is 3.39. The van der Waals surface area contributed by atoms with Gasteiger partial charge in [-0.1, -0.05) is 18.2 Å². The van der Waals surface area contributed by atoms with Crippen molar-refractivity contribution in [3.05, 3.63) is 75.7 Å². The highest BCUT2D eigenvalue weighted by Crippen LogP contribution is 2.25. The van der Waals surface area contributed by atoms with E-state index >= 15 is 0 Å². The van der Waals surface area contributed by atoms with Gasteiger partial charge in [-0.15, -0.1) is 29.3 Å². The number of hydrogen-bond acceptors (Lipinski definition) is 4. The molecule has 3 aromatic rings. The Hall–Kier alpha value is -2.38. The van der Waals surface area contributed by atoms with Crippen molar-refractivity contribution in [2.24, 2.45) is 10.1 Å². The fraction of sp³-hybridized carbons (Fsp3) is 0.111. The summed E-state index contributed by atoms with van der Waals surface area (Å²) in [5, 5.41) is 8.36. The molecule has 0 fully saturated rings. The number of benzene rings is 1. The van der Waals surface area contributed by atoms with E-state index in [0.717, 1.165) is 10.6 Å². The second kappa shape index (κ2) is 7.67. The summed E-state index contributed by atoms with van der Waals surface area (Å²) in [6.45, 7) is 5.69. The molecular weight excluding hydrogens is 360 g/mol. The summed E-state index contributed by atoms with van der Waals surface area (Å²) in [6.07, 6.45) is 1.68. The highest BCUT2D eigenvalue weighted by molar-refractivity contribution is 7.14. The lowest BCUT2D eigenvalue weighted by Gasteiger charge is -2.06. The number of nitrogens with zero attached hydrogens (tertiary/aromatic N) is 3. The first-order valence-corrected chi connectivity index (χ1v) is 9.23. The van der Waals surface area contributed by atoms with Gasteiger partial charge >= 0.3 is 0 Å². The van der Waals surface area contributed by atoms with E-state index in [9.17, 15) is 8.78 Å². The van der Waals surface area contributed by atoms with E-state index in [1.54, 1.807) is 29.0 Å². The first kappa shape index (κ1) is 17.4. The van der Waals surface area contributed by atoms with Crippen molar-refractivity contribution in [3.63, 3.8) is 0 Å². The molecule has 2 heterocycles. The fourth-order valence-electron chi connectivity index (χ4n) is 2.29. The molecule has 0 N–H and O–H groups in total. The summed E-state index contributed by atoms with van der Waals surface area (Å²) < 4.78 is 29.7. The maximum atomic E-state index is 14.0. The summed E-state index contributed by atoms with van der Waals surface area (Å²) in [5.74, 6) is -1.28. The van der Waals surface area contributed by atoms with E-state index in [0.29, 0.717) is 11.3 Å². The molecule has 0 unspecified atom stereocenters. The van der Waals surface area contributed by atoms with Crippen molar-refractivity contribution in [2.45, 2.75) is 6.92 Å². The smallest absolute Gasteiger partial charge is 0.206 e. The van der Waals surface area contributed by atoms with Gasteiger partial charge in [-0.2, -0.15) is 5.10 Å². The van der Waals surface area contributed by atoms with Gasteiger partial charge in [0.1, 0.15) is 11.6 Å². The quantitative estimate of drug-likeness (QED) is 0.448. The zero-order valence-electron chi connectivity index (χ0n) is 13.4. The molecule has 0 aliphatic rings. The van der Waals surface area contributed by atoms with E-state index in [-0.39, 0.29) is 11.3 Å². The molecule has 0 aliphatic carbocycles. The molecule has 0 saturated carbocycles. The average molecular weight is 375 g/mol. The standard InChI is InChI=1S/C18H15F2N3S2/c1-3-9-21-18-23(15(11-25-18)16-8-5-10-24-16)22-12(2)17-13(19)6-4-7-14(17)20/h3-8,10-11H,1,9H2,2H3. The summed E-state index contributed by atoms with van der Waals surface area (Å²) in [6, 6.07) is 7.68. The molecule has 3 nitrogen and oxygen atoms in total. The highest BCUT2D eigenvalue weighted by Gasteiger charge is 2.14. The Morgan fingerprint density at radius 3 is 2.60 bits per heavy atom. The van der Waals surface area contributed by atoms with Crippen LogP contribution in [0.25, 0.3) is 10.6 Å². The van der Waals surface area contributed by atoms with Crippen molar-refractivity contribution in [1.82, 2.24) is 4.68 Å². The minimum absolute atomic E-state index is 0.131. The third kappa shape index (κ3) is 3.67. The van der Waals surface area contributed by atoms with E-state index in [2.05, 4.69) is 16.7 Å². The van der Waals surface area contributed by atoms with Crippen molar-refractivity contribution in [3.8, 4) is 10.6 Å². The van der Waals surface area contributed by atoms with Crippen LogP contribution in [0, 0.1) is 11.6 Å². The van der Waals surface area contributed by atoms with Gasteiger partial charge in [-0.3, -0.25) is 4.99 Å². The van der Waals surface area contributed by atoms with Crippen LogP contribution in [0.4, 0.5) is 8.78 Å². The molecule has 7 heteroatoms. The lowest BCUT2D eigenvalue weighted by Crippen LogP contribution is -2.15. The third-order valence-corrected chi connectivity index (χ3v) is 5.14. The van der Waals surface area contributed by atoms with Crippen LogP contribution in [0.3, 0.4) is 0 Å². The van der Waals surface area contributed by atoms with Crippen LogP contribution in [-0.4, -0.2) is 16.9 Å².